The Kier molecular flexibility index (Phi) is 5.91. The molecule has 4 aliphatic heterocycles. The number of nitrogens with one attached hydrogen (secondary N) is 2. The molecular formula is C21H30N4O5S. The fraction of sp³-hybridized carbons (Fsp3) is 0.714. The monoisotopic (exact) mass is 450 g/mol. The highest BCUT2D eigenvalue weighted by Gasteiger charge is 2.60. The number of carboxylic acid groups (broad SMARTS) is 1. The average molecular weight is 451 g/mol. The molecule has 0 saturated carbocycles. The molecule has 4 heterocycles. The number of nitrogens with zero attached hydrogens (tertiary/aromatic N) is 2. The molecule has 3 saturated heterocycles. The Morgan fingerprint density at radius 3 is 2.65 bits per heavy atom. The molecule has 170 valence electrons. The average Bonchev–Trinajstić information content (AvgIpc) is 3.40. The Bertz CT molecular complexity index is 859. The Labute approximate surface area is 185 Å². The van der Waals surface area contributed by atoms with Crippen molar-refractivity contribution in [1.29, 1.82) is 5.41 Å². The van der Waals surface area contributed by atoms with Crippen LogP contribution in [0.3, 0.4) is 0 Å². The van der Waals surface area contributed by atoms with Gasteiger partial charge in [0, 0.05) is 47.3 Å². The number of likely N-dealkylation sites (tertiary alicyclic amines) is 1. The number of β-lactam (4-membered cyclic amide) rings is 1. The van der Waals surface area contributed by atoms with Gasteiger partial charge in [0.1, 0.15) is 5.70 Å². The highest BCUT2D eigenvalue weighted by molar-refractivity contribution is 8.03. The zero-order chi connectivity index (χ0) is 22.6. The molecule has 4 rings (SSSR count). The zero-order valence-electron chi connectivity index (χ0n) is 18.0. The number of aliphatic hydroxyl groups excluding tert-OH is 1. The third kappa shape index (κ3) is 3.68. The van der Waals surface area contributed by atoms with Crippen LogP contribution in [0.1, 0.15) is 33.6 Å². The van der Waals surface area contributed by atoms with Gasteiger partial charge < -0.3 is 30.7 Å². The van der Waals surface area contributed by atoms with E-state index in [2.05, 4.69) is 5.32 Å². The van der Waals surface area contributed by atoms with Gasteiger partial charge in [0.05, 0.1) is 24.1 Å². The van der Waals surface area contributed by atoms with Gasteiger partial charge in [-0.3, -0.25) is 9.59 Å². The minimum atomic E-state index is -1.13. The number of carbonyl (C=O) groups excluding carboxylic acids is 2. The van der Waals surface area contributed by atoms with E-state index < -0.39 is 18.0 Å². The minimum absolute atomic E-state index is 0.0300. The van der Waals surface area contributed by atoms with Crippen LogP contribution in [0.15, 0.2) is 10.6 Å². The van der Waals surface area contributed by atoms with E-state index >= 15 is 0 Å². The molecule has 10 heteroatoms. The number of amides is 2. The lowest BCUT2D eigenvalue weighted by Crippen LogP contribution is -2.63. The topological polar surface area (TPSA) is 134 Å². The van der Waals surface area contributed by atoms with Gasteiger partial charge in [-0.25, -0.2) is 4.79 Å². The molecule has 2 amide bonds. The number of aliphatic carboxylic acids is 1. The number of hydrogen-bond donors (Lipinski definition) is 4. The van der Waals surface area contributed by atoms with E-state index in [9.17, 15) is 24.6 Å². The Balaban J connectivity index is 1.43. The van der Waals surface area contributed by atoms with E-state index in [1.807, 2.05) is 11.8 Å². The fourth-order valence-electron chi connectivity index (χ4n) is 5.37. The molecule has 4 N–H and O–H groups in total. The summed E-state index contributed by atoms with van der Waals surface area (Å²) in [6.07, 6.45) is 0.601. The van der Waals surface area contributed by atoms with Gasteiger partial charge in [0.25, 0.3) is 0 Å². The van der Waals surface area contributed by atoms with Crippen molar-refractivity contribution in [3.05, 3.63) is 10.6 Å². The second-order valence-electron chi connectivity index (χ2n) is 9.16. The van der Waals surface area contributed by atoms with Crippen molar-refractivity contribution in [2.45, 2.75) is 57.1 Å². The molecule has 0 aromatic heterocycles. The number of hydrogen-bond acceptors (Lipinski definition) is 7. The summed E-state index contributed by atoms with van der Waals surface area (Å²) in [6, 6.07) is -0.629. The summed E-state index contributed by atoms with van der Waals surface area (Å²) in [5.74, 6) is -2.01. The second kappa shape index (κ2) is 8.22. The quantitative estimate of drug-likeness (QED) is 0.342. The summed E-state index contributed by atoms with van der Waals surface area (Å²) >= 11 is 1.45. The molecule has 9 nitrogen and oxygen atoms in total. The van der Waals surface area contributed by atoms with E-state index in [-0.39, 0.29) is 46.7 Å². The molecule has 0 aromatic rings. The van der Waals surface area contributed by atoms with E-state index in [0.717, 1.165) is 6.42 Å². The molecule has 0 spiro atoms. The van der Waals surface area contributed by atoms with Gasteiger partial charge in [-0.15, -0.1) is 11.8 Å². The van der Waals surface area contributed by atoms with Crippen molar-refractivity contribution < 1.29 is 24.6 Å². The maximum Gasteiger partial charge on any atom is 0.353 e. The Morgan fingerprint density at radius 2 is 2.06 bits per heavy atom. The highest BCUT2D eigenvalue weighted by atomic mass is 32.2. The van der Waals surface area contributed by atoms with Gasteiger partial charge in [-0.05, 0) is 26.7 Å². The minimum Gasteiger partial charge on any atom is -0.477 e. The van der Waals surface area contributed by atoms with Crippen LogP contribution in [0.5, 0.6) is 0 Å². The smallest absolute Gasteiger partial charge is 0.353 e. The number of thioether (sulfide) groups is 1. The maximum atomic E-state index is 12.9. The first kappa shape index (κ1) is 22.3. The summed E-state index contributed by atoms with van der Waals surface area (Å²) in [5, 5.41) is 30.9. The number of fused-ring (bicyclic) bond motifs is 1. The van der Waals surface area contributed by atoms with Crippen LogP contribution < -0.4 is 5.32 Å². The molecule has 0 aromatic carbocycles. The molecule has 31 heavy (non-hydrogen) atoms. The first-order chi connectivity index (χ1) is 14.6. The largest absolute Gasteiger partial charge is 0.477 e. The van der Waals surface area contributed by atoms with Crippen molar-refractivity contribution >= 4 is 35.3 Å². The molecule has 0 aliphatic carbocycles. The molecular weight excluding hydrogens is 420 g/mol. The highest BCUT2D eigenvalue weighted by Crippen LogP contribution is 2.51. The van der Waals surface area contributed by atoms with Crippen molar-refractivity contribution in [3.63, 3.8) is 0 Å². The van der Waals surface area contributed by atoms with Crippen LogP contribution in [0.2, 0.25) is 0 Å². The van der Waals surface area contributed by atoms with Gasteiger partial charge in [0.15, 0.2) is 0 Å². The van der Waals surface area contributed by atoms with E-state index in [1.165, 1.54) is 16.7 Å². The maximum absolute atomic E-state index is 12.9. The van der Waals surface area contributed by atoms with Gasteiger partial charge >= 0.3 is 5.97 Å². The predicted octanol–water partition coefficient (Wildman–Crippen LogP) is 0.492. The number of carbonyl (C=O) groups is 3. The lowest BCUT2D eigenvalue weighted by Gasteiger charge is -2.46. The predicted molar refractivity (Wildman–Crippen MR) is 116 cm³/mol. The number of carboxylic acids is 1. The lowest BCUT2D eigenvalue weighted by molar-refractivity contribution is -0.163. The Morgan fingerprint density at radius 1 is 1.35 bits per heavy atom. The molecule has 0 radical (unpaired) electrons. The van der Waals surface area contributed by atoms with Crippen molar-refractivity contribution in [2.24, 2.45) is 17.8 Å². The van der Waals surface area contributed by atoms with Crippen LogP contribution >= 0.6 is 11.8 Å². The molecule has 0 bridgehead atoms. The zero-order valence-corrected chi connectivity index (χ0v) is 18.8. The lowest BCUT2D eigenvalue weighted by atomic mass is 9.79. The normalized spacial score (nSPS) is 35.9. The summed E-state index contributed by atoms with van der Waals surface area (Å²) < 4.78 is 0. The van der Waals surface area contributed by atoms with Crippen LogP contribution in [-0.2, 0) is 14.4 Å². The van der Waals surface area contributed by atoms with Crippen LogP contribution in [0.4, 0.5) is 0 Å². The molecule has 7 atom stereocenters. The third-order valence-electron chi connectivity index (χ3n) is 7.11. The molecule has 0 unspecified atom stereocenters. The van der Waals surface area contributed by atoms with E-state index in [0.29, 0.717) is 36.7 Å². The molecule has 3 fully saturated rings. The van der Waals surface area contributed by atoms with Crippen molar-refractivity contribution in [1.82, 2.24) is 15.1 Å². The van der Waals surface area contributed by atoms with Crippen molar-refractivity contribution in [2.75, 3.05) is 19.6 Å². The van der Waals surface area contributed by atoms with Gasteiger partial charge in [0.2, 0.25) is 11.8 Å². The fourth-order valence-corrected chi connectivity index (χ4v) is 6.85. The second-order valence-corrected chi connectivity index (χ2v) is 10.5. The van der Waals surface area contributed by atoms with Gasteiger partial charge in [-0.1, -0.05) is 6.92 Å². The summed E-state index contributed by atoms with van der Waals surface area (Å²) in [7, 11) is 0. The van der Waals surface area contributed by atoms with E-state index in [1.54, 1.807) is 13.8 Å². The Hall–Kier alpha value is -1.91. The summed E-state index contributed by atoms with van der Waals surface area (Å²) in [4.78, 5) is 41.2. The number of aliphatic hydroxyl groups is 1. The van der Waals surface area contributed by atoms with Crippen LogP contribution in [0, 0.1) is 23.2 Å². The molecule has 4 aliphatic rings. The first-order valence-corrected chi connectivity index (χ1v) is 11.7. The SMILES string of the molecule is CC(=N)[C@@H]1CCN(C(=O)[C@@H]2C[C@H](SC3=C(C(=O)O)N4C(=O)[C@H]([C@@H](C)O)[C@H]4[C@H]3C)CN2)C1. The summed E-state index contributed by atoms with van der Waals surface area (Å²) in [5.41, 5.74) is 0.643. The van der Waals surface area contributed by atoms with Crippen molar-refractivity contribution in [3.8, 4) is 0 Å². The van der Waals surface area contributed by atoms with Gasteiger partial charge in [-0.2, -0.15) is 0 Å². The van der Waals surface area contributed by atoms with Crippen LogP contribution in [-0.4, -0.2) is 86.6 Å². The standard InChI is InChI=1S/C21H30N4O5S/c1-9-16-15(11(3)26)20(28)25(16)17(21(29)30)18(9)31-13-6-14(23-7-13)19(27)24-5-4-12(8-24)10(2)22/h9,11-16,22-23,26H,4-8H2,1-3H3,(H,29,30)/t9-,11-,12-,13+,14+,15-,16-/m1/s1. The summed E-state index contributed by atoms with van der Waals surface area (Å²) in [6.45, 7) is 7.11. The number of rotatable bonds is 6. The van der Waals surface area contributed by atoms with Crippen LogP contribution in [0.25, 0.3) is 0 Å². The third-order valence-corrected chi connectivity index (χ3v) is 8.62. The van der Waals surface area contributed by atoms with E-state index in [4.69, 9.17) is 5.41 Å². The first-order valence-electron chi connectivity index (χ1n) is 10.8.